The van der Waals surface area contributed by atoms with E-state index >= 15 is 0 Å². The summed E-state index contributed by atoms with van der Waals surface area (Å²) in [5.41, 5.74) is 5.43. The molecule has 1 aliphatic carbocycles. The largest absolute Gasteiger partial charge is 0.362 e. The summed E-state index contributed by atoms with van der Waals surface area (Å²) in [7, 11) is 2.20. The van der Waals surface area contributed by atoms with Crippen LogP contribution < -0.4 is 0 Å². The fourth-order valence-corrected chi connectivity index (χ4v) is 6.45. The zero-order valence-corrected chi connectivity index (χ0v) is 28.1. The van der Waals surface area contributed by atoms with E-state index < -0.39 is 0 Å². The third-order valence-electron chi connectivity index (χ3n) is 9.36. The highest BCUT2D eigenvalue weighted by molar-refractivity contribution is 5.86. The van der Waals surface area contributed by atoms with E-state index in [-0.39, 0.29) is 11.2 Å². The van der Waals surface area contributed by atoms with Crippen LogP contribution in [0.1, 0.15) is 93.4 Å². The molecule has 1 aliphatic heterocycles. The van der Waals surface area contributed by atoms with Gasteiger partial charge in [0.1, 0.15) is 17.5 Å². The lowest BCUT2D eigenvalue weighted by molar-refractivity contribution is 0.219. The minimum absolute atomic E-state index is 0.210. The second-order valence-electron chi connectivity index (χ2n) is 14.5. The summed E-state index contributed by atoms with van der Waals surface area (Å²) in [6.07, 6.45) is 9.94. The fraction of sp³-hybridized carbons (Fsp3) is 0.487. The van der Waals surface area contributed by atoms with Crippen molar-refractivity contribution in [2.45, 2.75) is 78.1 Å². The molecule has 6 nitrogen and oxygen atoms in total. The lowest BCUT2D eigenvalue weighted by Gasteiger charge is -2.36. The minimum Gasteiger partial charge on any atom is -0.362 e. The van der Waals surface area contributed by atoms with Crippen LogP contribution in [-0.4, -0.2) is 58.8 Å². The molecular weight excluding hydrogens is 571 g/mol. The van der Waals surface area contributed by atoms with Gasteiger partial charge in [0.25, 0.3) is 0 Å². The van der Waals surface area contributed by atoms with Crippen molar-refractivity contribution < 1.29 is 4.39 Å². The molecule has 0 spiro atoms. The Morgan fingerprint density at radius 3 is 2.43 bits per heavy atom. The molecule has 0 amide bonds. The number of halogens is 1. The predicted octanol–water partition coefficient (Wildman–Crippen LogP) is 8.36. The van der Waals surface area contributed by atoms with E-state index in [4.69, 9.17) is 15.2 Å². The van der Waals surface area contributed by atoms with Gasteiger partial charge in [-0.25, -0.2) is 19.4 Å². The van der Waals surface area contributed by atoms with E-state index in [2.05, 4.69) is 73.4 Å². The van der Waals surface area contributed by atoms with E-state index in [9.17, 15) is 4.39 Å². The molecule has 2 aromatic carbocycles. The van der Waals surface area contributed by atoms with Gasteiger partial charge in [-0.2, -0.15) is 5.26 Å². The molecule has 1 aromatic heterocycles. The quantitative estimate of drug-likeness (QED) is 0.159. The lowest BCUT2D eigenvalue weighted by atomic mass is 9.85. The zero-order valence-electron chi connectivity index (χ0n) is 28.1. The van der Waals surface area contributed by atoms with Crippen LogP contribution in [-0.2, 0) is 12.8 Å². The molecule has 7 heteroatoms. The molecule has 0 unspecified atom stereocenters. The van der Waals surface area contributed by atoms with Crippen LogP contribution in [0.4, 0.5) is 10.1 Å². The van der Waals surface area contributed by atoms with Gasteiger partial charge in [0, 0.05) is 31.4 Å². The number of hydrogen-bond acceptors (Lipinski definition) is 5. The van der Waals surface area contributed by atoms with Gasteiger partial charge in [-0.05, 0) is 116 Å². The Bertz CT molecular complexity index is 1550. The van der Waals surface area contributed by atoms with Gasteiger partial charge in [-0.3, -0.25) is 4.90 Å². The normalized spacial score (nSPS) is 16.6. The molecule has 242 valence electrons. The summed E-state index contributed by atoms with van der Waals surface area (Å²) in [5.74, 6) is 2.76. The Hall–Kier alpha value is -3.89. The number of hydrogen-bond donors (Lipinski definition) is 0. The molecule has 0 N–H and O–H groups in total. The number of piperidine rings is 1. The summed E-state index contributed by atoms with van der Waals surface area (Å²) < 4.78 is 14.4. The van der Waals surface area contributed by atoms with Crippen LogP contribution in [0.3, 0.4) is 0 Å². The third-order valence-corrected chi connectivity index (χ3v) is 9.36. The Morgan fingerprint density at radius 1 is 1.07 bits per heavy atom. The average molecular weight is 621 g/mol. The van der Waals surface area contributed by atoms with Crippen molar-refractivity contribution in [3.05, 3.63) is 95.3 Å². The number of rotatable bonds is 11. The van der Waals surface area contributed by atoms with Crippen LogP contribution in [0.2, 0.25) is 0 Å². The molecule has 1 saturated heterocycles. The lowest BCUT2D eigenvalue weighted by Crippen LogP contribution is -2.44. The number of nitriles is 1. The molecule has 5 rings (SSSR count). The minimum atomic E-state index is -0.332. The third kappa shape index (κ3) is 9.33. The summed E-state index contributed by atoms with van der Waals surface area (Å²) in [6.45, 7) is 14.9. The van der Waals surface area contributed by atoms with E-state index in [0.717, 1.165) is 74.4 Å². The number of likely N-dealkylation sites (tertiary alicyclic amines) is 1. The van der Waals surface area contributed by atoms with Crippen LogP contribution in [0.25, 0.3) is 5.57 Å². The van der Waals surface area contributed by atoms with Gasteiger partial charge in [0.05, 0.1) is 23.9 Å². The number of aryl methyl sites for hydroxylation is 2. The summed E-state index contributed by atoms with van der Waals surface area (Å²) in [5, 5.41) is 9.00. The highest BCUT2D eigenvalue weighted by Crippen LogP contribution is 2.31. The average Bonchev–Trinajstić information content (AvgIpc) is 3.01. The molecule has 3 aromatic rings. The van der Waals surface area contributed by atoms with Crippen molar-refractivity contribution in [3.63, 3.8) is 0 Å². The second-order valence-corrected chi connectivity index (χ2v) is 14.5. The summed E-state index contributed by atoms with van der Waals surface area (Å²) >= 11 is 0. The molecule has 0 bridgehead atoms. The van der Waals surface area contributed by atoms with E-state index in [1.54, 1.807) is 12.1 Å². The monoisotopic (exact) mass is 620 g/mol. The number of benzene rings is 2. The molecule has 46 heavy (non-hydrogen) atoms. The van der Waals surface area contributed by atoms with Crippen LogP contribution in [0.5, 0.6) is 0 Å². The van der Waals surface area contributed by atoms with Gasteiger partial charge in [0.15, 0.2) is 0 Å². The number of aromatic nitrogens is 2. The van der Waals surface area contributed by atoms with Gasteiger partial charge < -0.3 is 4.90 Å². The Morgan fingerprint density at radius 2 is 1.80 bits per heavy atom. The molecule has 2 fully saturated rings. The first-order chi connectivity index (χ1) is 22.1. The van der Waals surface area contributed by atoms with Crippen molar-refractivity contribution >= 4 is 17.1 Å². The summed E-state index contributed by atoms with van der Waals surface area (Å²) in [6, 6.07) is 17.2. The van der Waals surface area contributed by atoms with Crippen molar-refractivity contribution in [1.29, 1.82) is 5.26 Å². The van der Waals surface area contributed by atoms with E-state index in [1.807, 2.05) is 18.3 Å². The van der Waals surface area contributed by atoms with Crippen molar-refractivity contribution in [2.75, 3.05) is 33.2 Å². The Balaban J connectivity index is 1.20. The fourth-order valence-electron chi connectivity index (χ4n) is 6.45. The topological polar surface area (TPSA) is 68.4 Å². The smallest absolute Gasteiger partial charge is 0.131 e. The standard InChI is InChI=1S/C39H49FN6/c1-28(24-39(2,3)4)31-11-14-34(15-12-31)43-37(45(5)26-29-7-6-8-29)27-46-21-18-33(19-22-46)38-42-20-17-35(44-38)16-13-32-10-9-30(25-41)23-36(32)40/h9-12,14-15,17,20,23,29,33H,1,6-8,13,16,18-19,21-22,24,26-27H2,2-5H3/b43-37-. The van der Waals surface area contributed by atoms with Crippen molar-refractivity contribution in [3.8, 4) is 6.07 Å². The number of amidine groups is 1. The Kier molecular flexibility index (Phi) is 11.0. The molecule has 2 aliphatic rings. The maximum absolute atomic E-state index is 14.4. The molecule has 0 atom stereocenters. The molecule has 0 radical (unpaired) electrons. The maximum atomic E-state index is 14.4. The van der Waals surface area contributed by atoms with Gasteiger partial charge in [-0.15, -0.1) is 0 Å². The number of nitrogens with zero attached hydrogens (tertiary/aromatic N) is 6. The van der Waals surface area contributed by atoms with Gasteiger partial charge >= 0.3 is 0 Å². The zero-order chi connectivity index (χ0) is 32.7. The van der Waals surface area contributed by atoms with Gasteiger partial charge in [0.2, 0.25) is 0 Å². The number of aliphatic imine (C=N–C) groups is 1. The number of likely N-dealkylation sites (N-methyl/N-ethyl adjacent to an activating group) is 1. The molecule has 1 saturated carbocycles. The molecule has 2 heterocycles. The van der Waals surface area contributed by atoms with E-state index in [0.29, 0.717) is 29.9 Å². The van der Waals surface area contributed by atoms with Gasteiger partial charge in [-0.1, -0.05) is 52.0 Å². The van der Waals surface area contributed by atoms with Crippen molar-refractivity contribution in [2.24, 2.45) is 16.3 Å². The first-order valence-electron chi connectivity index (χ1n) is 16.9. The molecular formula is C39H49FN6. The van der Waals surface area contributed by atoms with Crippen LogP contribution in [0, 0.1) is 28.5 Å². The first kappa shape index (κ1) is 33.5. The van der Waals surface area contributed by atoms with Crippen LogP contribution in [0.15, 0.2) is 66.3 Å². The van der Waals surface area contributed by atoms with Crippen molar-refractivity contribution in [1.82, 2.24) is 19.8 Å². The first-order valence-corrected chi connectivity index (χ1v) is 16.9. The highest BCUT2D eigenvalue weighted by Gasteiger charge is 2.26. The van der Waals surface area contributed by atoms with Crippen LogP contribution >= 0.6 is 0 Å². The second kappa shape index (κ2) is 15.1. The summed E-state index contributed by atoms with van der Waals surface area (Å²) in [4.78, 5) is 19.6. The Labute approximate surface area is 275 Å². The SMILES string of the molecule is C=C(CC(C)(C)C)c1ccc(/N=C(/CN2CCC(c3nccc(CCc4ccc(C#N)cc4F)n3)CC2)N(C)CC2CCC2)cc1. The van der Waals surface area contributed by atoms with E-state index in [1.165, 1.54) is 36.5 Å². The highest BCUT2D eigenvalue weighted by atomic mass is 19.1. The number of allylic oxidation sites excluding steroid dienone is 1. The predicted molar refractivity (Wildman–Crippen MR) is 186 cm³/mol. The maximum Gasteiger partial charge on any atom is 0.131 e.